The predicted octanol–water partition coefficient (Wildman–Crippen LogP) is 4.19. The van der Waals surface area contributed by atoms with Gasteiger partial charge in [0, 0.05) is 11.3 Å². The van der Waals surface area contributed by atoms with Crippen LogP contribution in [0.5, 0.6) is 0 Å². The Morgan fingerprint density at radius 1 is 1.11 bits per heavy atom. The first-order valence-corrected chi connectivity index (χ1v) is 8.71. The fourth-order valence-corrected chi connectivity index (χ4v) is 3.08. The highest BCUT2D eigenvalue weighted by Gasteiger charge is 2.17. The Bertz CT molecular complexity index is 964. The standard InChI is InChI=1S/C21H21F2N3O/c1-13(16-5-4-6-18(23)11-16)24-21(27)12-20-14(2)25-26(15(20)3)19-9-7-17(22)8-10-19/h4-11,13H,12H2,1-3H3,(H,24,27)/t13-/m0/s1. The molecule has 0 aliphatic heterocycles. The Morgan fingerprint density at radius 2 is 1.81 bits per heavy atom. The molecule has 0 saturated carbocycles. The fraction of sp³-hybridized carbons (Fsp3) is 0.238. The number of hydrogen-bond donors (Lipinski definition) is 1. The van der Waals surface area contributed by atoms with Crippen molar-refractivity contribution >= 4 is 5.91 Å². The molecule has 1 aromatic heterocycles. The van der Waals surface area contributed by atoms with E-state index in [1.165, 1.54) is 24.3 Å². The Balaban J connectivity index is 1.75. The third kappa shape index (κ3) is 4.22. The number of halogens is 2. The van der Waals surface area contributed by atoms with E-state index < -0.39 is 0 Å². The highest BCUT2D eigenvalue weighted by molar-refractivity contribution is 5.79. The Kier molecular flexibility index (Phi) is 5.35. The van der Waals surface area contributed by atoms with Crippen molar-refractivity contribution in [1.29, 1.82) is 0 Å². The zero-order valence-corrected chi connectivity index (χ0v) is 15.5. The van der Waals surface area contributed by atoms with Crippen LogP contribution >= 0.6 is 0 Å². The highest BCUT2D eigenvalue weighted by Crippen LogP contribution is 2.20. The zero-order chi connectivity index (χ0) is 19.6. The number of rotatable bonds is 5. The molecule has 0 unspecified atom stereocenters. The van der Waals surface area contributed by atoms with E-state index in [2.05, 4.69) is 10.4 Å². The van der Waals surface area contributed by atoms with Crippen molar-refractivity contribution in [2.75, 3.05) is 0 Å². The van der Waals surface area contributed by atoms with Crippen molar-refractivity contribution in [2.24, 2.45) is 0 Å². The second kappa shape index (κ2) is 7.70. The second-order valence-corrected chi connectivity index (χ2v) is 6.56. The van der Waals surface area contributed by atoms with E-state index in [1.54, 1.807) is 28.9 Å². The van der Waals surface area contributed by atoms with E-state index in [0.29, 0.717) is 5.56 Å². The topological polar surface area (TPSA) is 46.9 Å². The molecule has 3 rings (SSSR count). The van der Waals surface area contributed by atoms with Gasteiger partial charge in [0.15, 0.2) is 0 Å². The van der Waals surface area contributed by atoms with Gasteiger partial charge in [-0.15, -0.1) is 0 Å². The van der Waals surface area contributed by atoms with Gasteiger partial charge in [0.2, 0.25) is 5.91 Å². The molecule has 0 spiro atoms. The van der Waals surface area contributed by atoms with Gasteiger partial charge in [-0.2, -0.15) is 5.10 Å². The maximum absolute atomic E-state index is 13.4. The van der Waals surface area contributed by atoms with Crippen LogP contribution < -0.4 is 5.32 Å². The average molecular weight is 369 g/mol. The van der Waals surface area contributed by atoms with Crippen molar-refractivity contribution in [2.45, 2.75) is 33.2 Å². The molecule has 140 valence electrons. The molecule has 0 radical (unpaired) electrons. The summed E-state index contributed by atoms with van der Waals surface area (Å²) >= 11 is 0. The van der Waals surface area contributed by atoms with Crippen molar-refractivity contribution < 1.29 is 13.6 Å². The predicted molar refractivity (Wildman–Crippen MR) is 99.7 cm³/mol. The number of hydrogen-bond acceptors (Lipinski definition) is 2. The molecule has 0 aliphatic rings. The number of aromatic nitrogens is 2. The summed E-state index contributed by atoms with van der Waals surface area (Å²) in [7, 11) is 0. The molecular weight excluding hydrogens is 348 g/mol. The fourth-order valence-electron chi connectivity index (χ4n) is 3.08. The number of carbonyl (C=O) groups excluding carboxylic acids is 1. The quantitative estimate of drug-likeness (QED) is 0.733. The largest absolute Gasteiger partial charge is 0.349 e. The number of nitrogens with one attached hydrogen (secondary N) is 1. The molecule has 0 saturated heterocycles. The third-order valence-electron chi connectivity index (χ3n) is 4.58. The Labute approximate surface area is 156 Å². The van der Waals surface area contributed by atoms with Gasteiger partial charge in [-0.3, -0.25) is 4.79 Å². The SMILES string of the molecule is Cc1nn(-c2ccc(F)cc2)c(C)c1CC(=O)N[C@@H](C)c1cccc(F)c1. The van der Waals surface area contributed by atoms with E-state index >= 15 is 0 Å². The third-order valence-corrected chi connectivity index (χ3v) is 4.58. The van der Waals surface area contributed by atoms with E-state index in [-0.39, 0.29) is 30.0 Å². The lowest BCUT2D eigenvalue weighted by Gasteiger charge is -2.14. The molecule has 3 aromatic rings. The minimum atomic E-state index is -0.333. The number of carbonyl (C=O) groups is 1. The minimum absolute atomic E-state index is 0.165. The van der Waals surface area contributed by atoms with Crippen LogP contribution in [0.1, 0.15) is 35.5 Å². The first-order chi connectivity index (χ1) is 12.8. The van der Waals surface area contributed by atoms with Crippen LogP contribution in [0.2, 0.25) is 0 Å². The van der Waals surface area contributed by atoms with Gasteiger partial charge < -0.3 is 5.32 Å². The van der Waals surface area contributed by atoms with Crippen molar-refractivity contribution in [1.82, 2.24) is 15.1 Å². The van der Waals surface area contributed by atoms with Gasteiger partial charge in [-0.05, 0) is 62.7 Å². The lowest BCUT2D eigenvalue weighted by atomic mass is 10.1. The molecule has 1 atom stereocenters. The van der Waals surface area contributed by atoms with Crippen molar-refractivity contribution in [3.63, 3.8) is 0 Å². The van der Waals surface area contributed by atoms with Gasteiger partial charge >= 0.3 is 0 Å². The summed E-state index contributed by atoms with van der Waals surface area (Å²) in [5, 5.41) is 7.37. The van der Waals surface area contributed by atoms with Gasteiger partial charge in [0.05, 0.1) is 23.8 Å². The lowest BCUT2D eigenvalue weighted by Crippen LogP contribution is -2.28. The van der Waals surface area contributed by atoms with Crippen LogP contribution in [0.3, 0.4) is 0 Å². The average Bonchev–Trinajstić information content (AvgIpc) is 2.90. The zero-order valence-electron chi connectivity index (χ0n) is 15.5. The number of nitrogens with zero attached hydrogens (tertiary/aromatic N) is 2. The summed E-state index contributed by atoms with van der Waals surface area (Å²) in [5.74, 6) is -0.816. The molecule has 27 heavy (non-hydrogen) atoms. The molecule has 1 N–H and O–H groups in total. The summed E-state index contributed by atoms with van der Waals surface area (Å²) in [4.78, 5) is 12.5. The van der Waals surface area contributed by atoms with E-state index in [4.69, 9.17) is 0 Å². The van der Waals surface area contributed by atoms with Crippen LogP contribution in [-0.2, 0) is 11.2 Å². The van der Waals surface area contributed by atoms with Crippen molar-refractivity contribution in [3.05, 3.63) is 82.7 Å². The lowest BCUT2D eigenvalue weighted by molar-refractivity contribution is -0.121. The smallest absolute Gasteiger partial charge is 0.225 e. The van der Waals surface area contributed by atoms with Crippen molar-refractivity contribution in [3.8, 4) is 5.69 Å². The first kappa shape index (κ1) is 18.8. The molecule has 1 amide bonds. The molecule has 2 aromatic carbocycles. The van der Waals surface area contributed by atoms with Crippen LogP contribution in [0.15, 0.2) is 48.5 Å². The minimum Gasteiger partial charge on any atom is -0.349 e. The maximum Gasteiger partial charge on any atom is 0.225 e. The Morgan fingerprint density at radius 3 is 2.48 bits per heavy atom. The monoisotopic (exact) mass is 369 g/mol. The van der Waals surface area contributed by atoms with Gasteiger partial charge in [-0.25, -0.2) is 13.5 Å². The molecule has 0 aliphatic carbocycles. The molecule has 0 fully saturated rings. The maximum atomic E-state index is 13.4. The summed E-state index contributed by atoms with van der Waals surface area (Å²) < 4.78 is 28.2. The Hall–Kier alpha value is -3.02. The van der Waals surface area contributed by atoms with E-state index in [1.807, 2.05) is 20.8 Å². The van der Waals surface area contributed by atoms with Crippen LogP contribution in [0, 0.1) is 25.5 Å². The summed E-state index contributed by atoms with van der Waals surface area (Å²) in [6.07, 6.45) is 0.165. The molecule has 1 heterocycles. The van der Waals surface area contributed by atoms with E-state index in [9.17, 15) is 13.6 Å². The highest BCUT2D eigenvalue weighted by atomic mass is 19.1. The van der Waals surface area contributed by atoms with Gasteiger partial charge in [0.25, 0.3) is 0 Å². The number of aryl methyl sites for hydroxylation is 1. The number of benzene rings is 2. The summed E-state index contributed by atoms with van der Waals surface area (Å²) in [6.45, 7) is 5.53. The first-order valence-electron chi connectivity index (χ1n) is 8.71. The van der Waals surface area contributed by atoms with Gasteiger partial charge in [0.1, 0.15) is 11.6 Å². The summed E-state index contributed by atoms with van der Waals surface area (Å²) in [5.41, 5.74) is 3.83. The molecule has 4 nitrogen and oxygen atoms in total. The molecular formula is C21H21F2N3O. The second-order valence-electron chi connectivity index (χ2n) is 6.56. The van der Waals surface area contributed by atoms with Crippen LogP contribution in [-0.4, -0.2) is 15.7 Å². The summed E-state index contributed by atoms with van der Waals surface area (Å²) in [6, 6.07) is 11.9. The van der Waals surface area contributed by atoms with Crippen LogP contribution in [0.25, 0.3) is 5.69 Å². The normalized spacial score (nSPS) is 12.0. The van der Waals surface area contributed by atoms with Gasteiger partial charge in [-0.1, -0.05) is 12.1 Å². The molecule has 6 heteroatoms. The van der Waals surface area contributed by atoms with Crippen LogP contribution in [0.4, 0.5) is 8.78 Å². The number of amides is 1. The molecule has 0 bridgehead atoms. The van der Waals surface area contributed by atoms with E-state index in [0.717, 1.165) is 22.6 Å².